The summed E-state index contributed by atoms with van der Waals surface area (Å²) in [6.07, 6.45) is 0.784. The first-order valence-corrected chi connectivity index (χ1v) is 5.59. The van der Waals surface area contributed by atoms with E-state index in [0.717, 1.165) is 39.1 Å². The molecular formula is C10H20N4O. The lowest BCUT2D eigenvalue weighted by molar-refractivity contribution is -0.137. The van der Waals surface area contributed by atoms with E-state index >= 15 is 0 Å². The highest BCUT2D eigenvalue weighted by Gasteiger charge is 2.42. The van der Waals surface area contributed by atoms with Crippen LogP contribution in [0.4, 0.5) is 0 Å². The highest BCUT2D eigenvalue weighted by atomic mass is 16.2. The van der Waals surface area contributed by atoms with Crippen molar-refractivity contribution >= 4 is 5.91 Å². The van der Waals surface area contributed by atoms with Gasteiger partial charge in [0.05, 0.1) is 0 Å². The van der Waals surface area contributed by atoms with Crippen molar-refractivity contribution < 1.29 is 4.79 Å². The first-order chi connectivity index (χ1) is 7.12. The van der Waals surface area contributed by atoms with Crippen LogP contribution in [0, 0.1) is 0 Å². The Morgan fingerprint density at radius 3 is 2.53 bits per heavy atom. The molecule has 3 N–H and O–H groups in total. The van der Waals surface area contributed by atoms with Crippen LogP contribution in [-0.4, -0.2) is 67.6 Å². The molecule has 2 rings (SSSR count). The van der Waals surface area contributed by atoms with Gasteiger partial charge in [0, 0.05) is 39.3 Å². The summed E-state index contributed by atoms with van der Waals surface area (Å²) < 4.78 is 0. The van der Waals surface area contributed by atoms with Crippen LogP contribution < -0.4 is 11.1 Å². The van der Waals surface area contributed by atoms with Crippen molar-refractivity contribution in [1.29, 1.82) is 0 Å². The van der Waals surface area contributed by atoms with E-state index < -0.39 is 5.54 Å². The lowest BCUT2D eigenvalue weighted by Crippen LogP contribution is -2.60. The quantitative estimate of drug-likeness (QED) is 0.552. The lowest BCUT2D eigenvalue weighted by Gasteiger charge is -2.34. The van der Waals surface area contributed by atoms with Crippen LogP contribution in [0.25, 0.3) is 0 Å². The van der Waals surface area contributed by atoms with Gasteiger partial charge in [-0.15, -0.1) is 0 Å². The maximum absolute atomic E-state index is 12.2. The molecule has 1 amide bonds. The second-order valence-corrected chi connectivity index (χ2v) is 4.69. The molecule has 2 heterocycles. The molecule has 0 spiro atoms. The molecule has 15 heavy (non-hydrogen) atoms. The van der Waals surface area contributed by atoms with Crippen LogP contribution in [0.3, 0.4) is 0 Å². The lowest BCUT2D eigenvalue weighted by atomic mass is 9.98. The molecule has 2 aliphatic heterocycles. The summed E-state index contributed by atoms with van der Waals surface area (Å²) in [6, 6.07) is 0. The zero-order valence-corrected chi connectivity index (χ0v) is 9.33. The molecule has 1 unspecified atom stereocenters. The Balaban J connectivity index is 1.99. The van der Waals surface area contributed by atoms with Crippen molar-refractivity contribution in [2.45, 2.75) is 12.0 Å². The molecule has 5 heteroatoms. The minimum Gasteiger partial charge on any atom is -0.339 e. The predicted octanol–water partition coefficient (Wildman–Crippen LogP) is -1.55. The number of likely N-dealkylation sites (N-methyl/N-ethyl adjacent to an activating group) is 1. The van der Waals surface area contributed by atoms with E-state index in [4.69, 9.17) is 5.73 Å². The Bertz CT molecular complexity index is 252. The average molecular weight is 212 g/mol. The van der Waals surface area contributed by atoms with Gasteiger partial charge in [0.2, 0.25) is 5.91 Å². The van der Waals surface area contributed by atoms with E-state index in [1.165, 1.54) is 0 Å². The van der Waals surface area contributed by atoms with Crippen molar-refractivity contribution in [2.75, 3.05) is 46.3 Å². The molecule has 1 atom stereocenters. The van der Waals surface area contributed by atoms with Crippen molar-refractivity contribution in [2.24, 2.45) is 5.73 Å². The van der Waals surface area contributed by atoms with Gasteiger partial charge in [-0.1, -0.05) is 0 Å². The first-order valence-electron chi connectivity index (χ1n) is 5.59. The third-order valence-electron chi connectivity index (χ3n) is 3.32. The monoisotopic (exact) mass is 212 g/mol. The number of piperazine rings is 1. The van der Waals surface area contributed by atoms with Crippen molar-refractivity contribution in [3.05, 3.63) is 0 Å². The Hall–Kier alpha value is -0.650. The number of amides is 1. The summed E-state index contributed by atoms with van der Waals surface area (Å²) in [4.78, 5) is 16.2. The van der Waals surface area contributed by atoms with Gasteiger partial charge in [-0.05, 0) is 13.5 Å². The molecular weight excluding hydrogens is 192 g/mol. The van der Waals surface area contributed by atoms with E-state index in [2.05, 4.69) is 10.2 Å². The van der Waals surface area contributed by atoms with E-state index in [1.807, 2.05) is 11.9 Å². The molecule has 0 aromatic heterocycles. The van der Waals surface area contributed by atoms with Crippen LogP contribution >= 0.6 is 0 Å². The minimum absolute atomic E-state index is 0.133. The standard InChI is InChI=1S/C10H20N4O/c1-13-5-2-10(11,8-13)9(15)14-6-3-12-4-7-14/h12H,2-8,11H2,1H3. The van der Waals surface area contributed by atoms with Gasteiger partial charge in [0.1, 0.15) is 5.54 Å². The predicted molar refractivity (Wildman–Crippen MR) is 58.5 cm³/mol. The molecule has 2 saturated heterocycles. The van der Waals surface area contributed by atoms with Gasteiger partial charge in [0.15, 0.2) is 0 Å². The molecule has 0 aromatic rings. The summed E-state index contributed by atoms with van der Waals surface area (Å²) in [6.45, 7) is 4.97. The van der Waals surface area contributed by atoms with Crippen molar-refractivity contribution in [3.8, 4) is 0 Å². The number of rotatable bonds is 1. The number of carbonyl (C=O) groups excluding carboxylic acids is 1. The minimum atomic E-state index is -0.633. The highest BCUT2D eigenvalue weighted by molar-refractivity contribution is 5.87. The first kappa shape index (κ1) is 10.9. The Morgan fingerprint density at radius 1 is 1.33 bits per heavy atom. The maximum atomic E-state index is 12.2. The van der Waals surface area contributed by atoms with Crippen LogP contribution in [0.1, 0.15) is 6.42 Å². The van der Waals surface area contributed by atoms with Crippen molar-refractivity contribution in [3.63, 3.8) is 0 Å². The fraction of sp³-hybridized carbons (Fsp3) is 0.900. The number of nitrogens with one attached hydrogen (secondary N) is 1. The highest BCUT2D eigenvalue weighted by Crippen LogP contribution is 2.20. The molecule has 0 saturated carbocycles. The van der Waals surface area contributed by atoms with Crippen LogP contribution in [0.15, 0.2) is 0 Å². The Labute approximate surface area is 90.6 Å². The number of nitrogens with two attached hydrogens (primary N) is 1. The number of nitrogens with zero attached hydrogens (tertiary/aromatic N) is 2. The molecule has 0 bridgehead atoms. The summed E-state index contributed by atoms with van der Waals surface area (Å²) in [5.41, 5.74) is 5.54. The Morgan fingerprint density at radius 2 is 2.00 bits per heavy atom. The Kier molecular flexibility index (Phi) is 2.95. The van der Waals surface area contributed by atoms with Gasteiger partial charge < -0.3 is 20.9 Å². The molecule has 0 aliphatic carbocycles. The maximum Gasteiger partial charge on any atom is 0.244 e. The van der Waals surface area contributed by atoms with Crippen LogP contribution in [0.5, 0.6) is 0 Å². The van der Waals surface area contributed by atoms with Gasteiger partial charge >= 0.3 is 0 Å². The zero-order chi connectivity index (χ0) is 10.9. The van der Waals surface area contributed by atoms with Crippen LogP contribution in [0.2, 0.25) is 0 Å². The average Bonchev–Trinajstić information content (AvgIpc) is 2.60. The molecule has 2 fully saturated rings. The summed E-state index contributed by atoms with van der Waals surface area (Å²) in [5, 5.41) is 3.24. The number of hydrogen-bond donors (Lipinski definition) is 2. The molecule has 0 aromatic carbocycles. The van der Waals surface area contributed by atoms with Gasteiger partial charge in [-0.25, -0.2) is 0 Å². The second kappa shape index (κ2) is 4.08. The van der Waals surface area contributed by atoms with Crippen molar-refractivity contribution in [1.82, 2.24) is 15.1 Å². The largest absolute Gasteiger partial charge is 0.339 e. The topological polar surface area (TPSA) is 61.6 Å². The van der Waals surface area contributed by atoms with E-state index in [0.29, 0.717) is 6.54 Å². The molecule has 5 nitrogen and oxygen atoms in total. The summed E-state index contributed by atoms with van der Waals surface area (Å²) in [5.74, 6) is 0.133. The third-order valence-corrected chi connectivity index (χ3v) is 3.32. The normalized spacial score (nSPS) is 33.3. The summed E-state index contributed by atoms with van der Waals surface area (Å²) >= 11 is 0. The number of likely N-dealkylation sites (tertiary alicyclic amines) is 1. The molecule has 0 radical (unpaired) electrons. The van der Waals surface area contributed by atoms with E-state index in [9.17, 15) is 4.79 Å². The van der Waals surface area contributed by atoms with Gasteiger partial charge in [0.25, 0.3) is 0 Å². The third kappa shape index (κ3) is 2.14. The fourth-order valence-corrected chi connectivity index (χ4v) is 2.39. The van der Waals surface area contributed by atoms with E-state index in [-0.39, 0.29) is 5.91 Å². The molecule has 86 valence electrons. The van der Waals surface area contributed by atoms with Gasteiger partial charge in [-0.3, -0.25) is 4.79 Å². The SMILES string of the molecule is CN1CCC(N)(C(=O)N2CCNCC2)C1. The van der Waals surface area contributed by atoms with Crippen LogP contribution in [-0.2, 0) is 4.79 Å². The molecule has 2 aliphatic rings. The smallest absolute Gasteiger partial charge is 0.244 e. The number of carbonyl (C=O) groups is 1. The van der Waals surface area contributed by atoms with Gasteiger partial charge in [-0.2, -0.15) is 0 Å². The second-order valence-electron chi connectivity index (χ2n) is 4.69. The van der Waals surface area contributed by atoms with E-state index in [1.54, 1.807) is 0 Å². The summed E-state index contributed by atoms with van der Waals surface area (Å²) in [7, 11) is 2.01. The fourth-order valence-electron chi connectivity index (χ4n) is 2.39. The zero-order valence-electron chi connectivity index (χ0n) is 9.33. The number of hydrogen-bond acceptors (Lipinski definition) is 4.